The average Bonchev–Trinajstić information content (AvgIpc) is 2.93. The number of halogens is 1. The summed E-state index contributed by atoms with van der Waals surface area (Å²) in [7, 11) is 1.94. The molecule has 0 fully saturated rings. The Morgan fingerprint density at radius 3 is 3.05 bits per heavy atom. The lowest BCUT2D eigenvalue weighted by molar-refractivity contribution is 0.0440. The predicted octanol–water partition coefficient (Wildman–Crippen LogP) is 2.60. The maximum absolute atomic E-state index is 5.81. The molecule has 102 valence electrons. The molecule has 1 aromatic heterocycles. The zero-order valence-electron chi connectivity index (χ0n) is 10.8. The lowest BCUT2D eigenvalue weighted by Crippen LogP contribution is -2.25. The van der Waals surface area contributed by atoms with E-state index in [0.717, 1.165) is 30.8 Å². The van der Waals surface area contributed by atoms with Crippen molar-refractivity contribution >= 4 is 12.4 Å². The molecular weight excluding hydrogens is 264 g/mol. The first-order chi connectivity index (χ1) is 8.90. The van der Waals surface area contributed by atoms with Gasteiger partial charge in [-0.3, -0.25) is 0 Å². The van der Waals surface area contributed by atoms with Crippen molar-refractivity contribution in [2.24, 2.45) is 0 Å². The van der Waals surface area contributed by atoms with Crippen LogP contribution in [0.15, 0.2) is 35.3 Å². The van der Waals surface area contributed by atoms with Gasteiger partial charge in [-0.2, -0.15) is 0 Å². The highest BCUT2D eigenvalue weighted by molar-refractivity contribution is 5.85. The van der Waals surface area contributed by atoms with Crippen molar-refractivity contribution in [1.29, 1.82) is 0 Å². The summed E-state index contributed by atoms with van der Waals surface area (Å²) in [6.45, 7) is 1.59. The summed E-state index contributed by atoms with van der Waals surface area (Å²) in [6, 6.07) is 6.29. The summed E-state index contributed by atoms with van der Waals surface area (Å²) in [4.78, 5) is 4.24. The number of fused-ring (bicyclic) bond motifs is 1. The number of benzene rings is 1. The second kappa shape index (κ2) is 6.19. The van der Waals surface area contributed by atoms with Gasteiger partial charge in [0.1, 0.15) is 12.0 Å². The van der Waals surface area contributed by atoms with Crippen molar-refractivity contribution in [3.63, 3.8) is 0 Å². The molecule has 0 saturated heterocycles. The van der Waals surface area contributed by atoms with Crippen LogP contribution in [-0.2, 0) is 11.2 Å². The van der Waals surface area contributed by atoms with E-state index in [1.807, 2.05) is 7.05 Å². The normalized spacial score (nSPS) is 17.6. The Morgan fingerprint density at radius 1 is 1.42 bits per heavy atom. The highest BCUT2D eigenvalue weighted by Crippen LogP contribution is 2.33. The van der Waals surface area contributed by atoms with Gasteiger partial charge in [0.2, 0.25) is 0 Å². The number of ether oxygens (including phenoxy) is 1. The minimum Gasteiger partial charge on any atom is -0.451 e. The third-order valence-corrected chi connectivity index (χ3v) is 3.33. The van der Waals surface area contributed by atoms with Crippen LogP contribution >= 0.6 is 12.4 Å². The van der Waals surface area contributed by atoms with Crippen molar-refractivity contribution in [1.82, 2.24) is 10.3 Å². The van der Waals surface area contributed by atoms with E-state index in [9.17, 15) is 0 Å². The lowest BCUT2D eigenvalue weighted by Gasteiger charge is -2.27. The Labute approximate surface area is 118 Å². The van der Waals surface area contributed by atoms with E-state index in [1.54, 1.807) is 6.26 Å². The zero-order chi connectivity index (χ0) is 12.4. The van der Waals surface area contributed by atoms with Gasteiger partial charge in [0.05, 0.1) is 12.7 Å². The molecule has 3 rings (SSSR count). The molecule has 0 saturated carbocycles. The Hall–Kier alpha value is -1.36. The van der Waals surface area contributed by atoms with Crippen LogP contribution in [0.3, 0.4) is 0 Å². The molecule has 4 nitrogen and oxygen atoms in total. The molecule has 19 heavy (non-hydrogen) atoms. The van der Waals surface area contributed by atoms with Gasteiger partial charge in [-0.25, -0.2) is 4.98 Å². The molecule has 1 atom stereocenters. The van der Waals surface area contributed by atoms with Gasteiger partial charge in [0.25, 0.3) is 0 Å². The van der Waals surface area contributed by atoms with Gasteiger partial charge in [0, 0.05) is 12.1 Å². The molecule has 0 radical (unpaired) electrons. The van der Waals surface area contributed by atoms with E-state index in [4.69, 9.17) is 9.15 Å². The molecule has 1 aliphatic heterocycles. The first-order valence-corrected chi connectivity index (χ1v) is 6.16. The summed E-state index contributed by atoms with van der Waals surface area (Å²) in [6.07, 6.45) is 4.22. The molecular formula is C14H17ClN2O2. The molecule has 1 unspecified atom stereocenters. The maximum Gasteiger partial charge on any atom is 0.181 e. The Bertz CT molecular complexity index is 528. The quantitative estimate of drug-likeness (QED) is 0.939. The van der Waals surface area contributed by atoms with E-state index in [-0.39, 0.29) is 18.5 Å². The number of likely N-dealkylation sites (N-methyl/N-ethyl adjacent to an activating group) is 1. The molecule has 2 heterocycles. The molecule has 5 heteroatoms. The fraction of sp³-hybridized carbons (Fsp3) is 0.357. The smallest absolute Gasteiger partial charge is 0.181 e. The highest BCUT2D eigenvalue weighted by atomic mass is 35.5. The number of hydrogen-bond donors (Lipinski definition) is 1. The van der Waals surface area contributed by atoms with Crippen LogP contribution in [0.5, 0.6) is 0 Å². The molecule has 1 N–H and O–H groups in total. The predicted molar refractivity (Wildman–Crippen MR) is 75.5 cm³/mol. The van der Waals surface area contributed by atoms with Crippen LogP contribution in [0.2, 0.25) is 0 Å². The van der Waals surface area contributed by atoms with Crippen LogP contribution in [0.25, 0.3) is 11.3 Å². The number of hydrogen-bond acceptors (Lipinski definition) is 4. The first kappa shape index (κ1) is 14.1. The van der Waals surface area contributed by atoms with E-state index in [0.29, 0.717) is 0 Å². The lowest BCUT2D eigenvalue weighted by atomic mass is 9.91. The van der Waals surface area contributed by atoms with E-state index < -0.39 is 0 Å². The van der Waals surface area contributed by atoms with Gasteiger partial charge in [-0.05, 0) is 24.6 Å². The summed E-state index contributed by atoms with van der Waals surface area (Å²) in [5, 5.41) is 3.17. The van der Waals surface area contributed by atoms with Crippen LogP contribution < -0.4 is 5.32 Å². The minimum absolute atomic E-state index is 0. The summed E-state index contributed by atoms with van der Waals surface area (Å²) >= 11 is 0. The monoisotopic (exact) mass is 280 g/mol. The molecule has 0 amide bonds. The largest absolute Gasteiger partial charge is 0.451 e. The second-order valence-corrected chi connectivity index (χ2v) is 4.41. The minimum atomic E-state index is 0. The van der Waals surface area contributed by atoms with Crippen molar-refractivity contribution in [3.05, 3.63) is 42.0 Å². The first-order valence-electron chi connectivity index (χ1n) is 6.16. The van der Waals surface area contributed by atoms with Crippen molar-refractivity contribution in [3.8, 4) is 11.3 Å². The van der Waals surface area contributed by atoms with Gasteiger partial charge < -0.3 is 14.5 Å². The van der Waals surface area contributed by atoms with Gasteiger partial charge in [-0.1, -0.05) is 18.2 Å². The topological polar surface area (TPSA) is 47.3 Å². The fourth-order valence-electron chi connectivity index (χ4n) is 2.52. The standard InChI is InChI=1S/C14H16N2O2.ClH/c1-15-7-14-12-4-2-3-11(10(12)5-6-18-14)13-8-17-9-16-13;/h2-4,8-9,14-15H,5-7H2,1H3;1H. The van der Waals surface area contributed by atoms with Gasteiger partial charge >= 0.3 is 0 Å². The van der Waals surface area contributed by atoms with Crippen LogP contribution in [0.1, 0.15) is 17.2 Å². The fourth-order valence-corrected chi connectivity index (χ4v) is 2.52. The van der Waals surface area contributed by atoms with Gasteiger partial charge in [0.15, 0.2) is 6.39 Å². The summed E-state index contributed by atoms with van der Waals surface area (Å²) in [5.74, 6) is 0. The second-order valence-electron chi connectivity index (χ2n) is 4.41. The van der Waals surface area contributed by atoms with Crippen molar-refractivity contribution in [2.45, 2.75) is 12.5 Å². The van der Waals surface area contributed by atoms with Crippen molar-refractivity contribution < 1.29 is 9.15 Å². The molecule has 0 bridgehead atoms. The number of oxazole rings is 1. The number of aromatic nitrogens is 1. The third-order valence-electron chi connectivity index (χ3n) is 3.33. The van der Waals surface area contributed by atoms with E-state index in [1.165, 1.54) is 17.5 Å². The SMILES string of the molecule is CNCC1OCCc2c(-c3cocn3)cccc21.Cl. The van der Waals surface area contributed by atoms with Crippen LogP contribution in [0, 0.1) is 0 Å². The zero-order valence-corrected chi connectivity index (χ0v) is 11.6. The number of rotatable bonds is 3. The van der Waals surface area contributed by atoms with Crippen LogP contribution in [-0.4, -0.2) is 25.2 Å². The molecule has 1 aliphatic rings. The third kappa shape index (κ3) is 2.66. The Kier molecular flexibility index (Phi) is 4.58. The Balaban J connectivity index is 0.00000133. The maximum atomic E-state index is 5.81. The number of nitrogens with zero attached hydrogens (tertiary/aromatic N) is 1. The number of nitrogens with one attached hydrogen (secondary N) is 1. The van der Waals surface area contributed by atoms with Gasteiger partial charge in [-0.15, -0.1) is 12.4 Å². The summed E-state index contributed by atoms with van der Waals surface area (Å²) in [5.41, 5.74) is 4.65. The van der Waals surface area contributed by atoms with Crippen LogP contribution in [0.4, 0.5) is 0 Å². The summed E-state index contributed by atoms with van der Waals surface area (Å²) < 4.78 is 10.9. The van der Waals surface area contributed by atoms with E-state index >= 15 is 0 Å². The van der Waals surface area contributed by atoms with Crippen molar-refractivity contribution in [2.75, 3.05) is 20.2 Å². The molecule has 1 aromatic carbocycles. The average molecular weight is 281 g/mol. The Morgan fingerprint density at radius 2 is 2.32 bits per heavy atom. The highest BCUT2D eigenvalue weighted by Gasteiger charge is 2.23. The molecule has 0 aliphatic carbocycles. The van der Waals surface area contributed by atoms with E-state index in [2.05, 4.69) is 28.5 Å². The molecule has 0 spiro atoms. The molecule has 2 aromatic rings.